The van der Waals surface area contributed by atoms with Crippen LogP contribution in [0.5, 0.6) is 0 Å². The minimum Gasteiger partial charge on any atom is -0.0832 e. The molecule has 24 heavy (non-hydrogen) atoms. The van der Waals surface area contributed by atoms with Gasteiger partial charge < -0.3 is 0 Å². The maximum Gasteiger partial charge on any atom is 0.0310 e. The highest BCUT2D eigenvalue weighted by Crippen LogP contribution is 2.45. The quantitative estimate of drug-likeness (QED) is 0.444. The summed E-state index contributed by atoms with van der Waals surface area (Å²) in [5.74, 6) is 2.20. The first kappa shape index (κ1) is 16.6. The van der Waals surface area contributed by atoms with Gasteiger partial charge in [0.25, 0.3) is 0 Å². The van der Waals surface area contributed by atoms with Crippen molar-refractivity contribution in [3.8, 4) is 0 Å². The normalized spacial score (nSPS) is 12.0. The lowest BCUT2D eigenvalue weighted by Crippen LogP contribution is -2.13. The molecule has 3 aromatic carbocycles. The SMILES string of the molecule is S=P(C=CC=Cc1ccccc1)(c1ccccc1)c1ccccc1. The molecule has 2 heteroatoms. The van der Waals surface area contributed by atoms with Crippen LogP contribution in [0.25, 0.3) is 6.08 Å². The Labute approximate surface area is 149 Å². The monoisotopic (exact) mass is 346 g/mol. The molecular weight excluding hydrogens is 327 g/mol. The van der Waals surface area contributed by atoms with Gasteiger partial charge in [-0.2, -0.15) is 0 Å². The lowest BCUT2D eigenvalue weighted by molar-refractivity contribution is 1.66. The summed E-state index contributed by atoms with van der Waals surface area (Å²) in [6, 6.07) is 29.2. The minimum absolute atomic E-state index is 1.19. The second-order valence-corrected chi connectivity index (χ2v) is 9.82. The zero-order chi connectivity index (χ0) is 16.7. The second-order valence-electron chi connectivity index (χ2n) is 5.44. The van der Waals surface area contributed by atoms with Crippen molar-refractivity contribution < 1.29 is 0 Å². The van der Waals surface area contributed by atoms with Crippen LogP contribution in [0.15, 0.2) is 109 Å². The maximum atomic E-state index is 6.16. The first-order valence-electron chi connectivity index (χ1n) is 7.91. The van der Waals surface area contributed by atoms with Gasteiger partial charge in [-0.1, -0.05) is 121 Å². The fourth-order valence-corrected chi connectivity index (χ4v) is 5.68. The summed E-state index contributed by atoms with van der Waals surface area (Å²) in [4.78, 5) is 0. The van der Waals surface area contributed by atoms with Crippen molar-refractivity contribution in [3.63, 3.8) is 0 Å². The zero-order valence-electron chi connectivity index (χ0n) is 13.3. The van der Waals surface area contributed by atoms with E-state index in [1.165, 1.54) is 16.2 Å². The second kappa shape index (κ2) is 8.06. The molecule has 118 valence electrons. The van der Waals surface area contributed by atoms with E-state index in [0.717, 1.165) is 0 Å². The molecule has 0 N–H and O–H groups in total. The number of rotatable bonds is 5. The van der Waals surface area contributed by atoms with E-state index in [2.05, 4.69) is 84.7 Å². The Hall–Kier alpha value is -2.21. The molecule has 3 aromatic rings. The molecule has 0 radical (unpaired) electrons. The summed E-state index contributed by atoms with van der Waals surface area (Å²) in [5, 5.41) is 2.44. The molecule has 0 saturated carbocycles. The van der Waals surface area contributed by atoms with Crippen molar-refractivity contribution in [1.82, 2.24) is 0 Å². The predicted octanol–water partition coefficient (Wildman–Crippen LogP) is 5.34. The van der Waals surface area contributed by atoms with Crippen LogP contribution >= 0.6 is 6.04 Å². The fourth-order valence-electron chi connectivity index (χ4n) is 2.52. The Balaban J connectivity index is 1.93. The number of benzene rings is 3. The summed E-state index contributed by atoms with van der Waals surface area (Å²) >= 11 is 6.16. The number of allylic oxidation sites excluding steroid dienone is 2. The van der Waals surface area contributed by atoms with Crippen molar-refractivity contribution >= 4 is 34.5 Å². The summed E-state index contributed by atoms with van der Waals surface area (Å²) in [6.45, 7) is 0. The standard InChI is InChI=1S/C22H19PS/c24-23(21-15-6-2-7-16-21,22-17-8-3-9-18-22)19-11-10-14-20-12-4-1-5-13-20/h1-19H. The molecule has 0 amide bonds. The van der Waals surface area contributed by atoms with Gasteiger partial charge in [0.05, 0.1) is 0 Å². The molecule has 0 spiro atoms. The van der Waals surface area contributed by atoms with Gasteiger partial charge in [-0.05, 0) is 22.0 Å². The van der Waals surface area contributed by atoms with E-state index in [0.29, 0.717) is 0 Å². The van der Waals surface area contributed by atoms with Gasteiger partial charge >= 0.3 is 0 Å². The van der Waals surface area contributed by atoms with E-state index in [-0.39, 0.29) is 0 Å². The molecule has 0 bridgehead atoms. The number of hydrogen-bond acceptors (Lipinski definition) is 1. The zero-order valence-corrected chi connectivity index (χ0v) is 15.0. The van der Waals surface area contributed by atoms with E-state index < -0.39 is 6.04 Å². The Morgan fingerprint density at radius 2 is 1.04 bits per heavy atom. The predicted molar refractivity (Wildman–Crippen MR) is 111 cm³/mol. The van der Waals surface area contributed by atoms with E-state index in [9.17, 15) is 0 Å². The van der Waals surface area contributed by atoms with Crippen LogP contribution in [0.1, 0.15) is 5.56 Å². The highest BCUT2D eigenvalue weighted by Gasteiger charge is 2.18. The maximum absolute atomic E-state index is 6.16. The molecule has 0 atom stereocenters. The van der Waals surface area contributed by atoms with E-state index >= 15 is 0 Å². The van der Waals surface area contributed by atoms with Crippen molar-refractivity contribution in [2.75, 3.05) is 0 Å². The van der Waals surface area contributed by atoms with E-state index in [4.69, 9.17) is 11.8 Å². The number of hydrogen-bond donors (Lipinski definition) is 0. The lowest BCUT2D eigenvalue weighted by atomic mass is 10.2. The third-order valence-electron chi connectivity index (χ3n) is 3.77. The minimum atomic E-state index is -1.94. The topological polar surface area (TPSA) is 0 Å². The lowest BCUT2D eigenvalue weighted by Gasteiger charge is -2.19. The smallest absolute Gasteiger partial charge is 0.0310 e. The first-order chi connectivity index (χ1) is 11.8. The van der Waals surface area contributed by atoms with Crippen LogP contribution < -0.4 is 10.6 Å². The first-order valence-corrected chi connectivity index (χ1v) is 10.8. The van der Waals surface area contributed by atoms with E-state index in [1.807, 2.05) is 30.3 Å². The molecular formula is C22H19PS. The van der Waals surface area contributed by atoms with Crippen molar-refractivity contribution in [1.29, 1.82) is 0 Å². The highest BCUT2D eigenvalue weighted by molar-refractivity contribution is 8.23. The molecule has 0 nitrogen and oxygen atoms in total. The Bertz CT molecular complexity index is 822. The molecule has 3 rings (SSSR count). The third-order valence-corrected chi connectivity index (χ3v) is 8.13. The van der Waals surface area contributed by atoms with Crippen molar-refractivity contribution in [2.45, 2.75) is 0 Å². The van der Waals surface area contributed by atoms with Crippen LogP contribution in [0.3, 0.4) is 0 Å². The largest absolute Gasteiger partial charge is 0.0832 e. The van der Waals surface area contributed by atoms with Gasteiger partial charge in [-0.25, -0.2) is 0 Å². The summed E-state index contributed by atoms with van der Waals surface area (Å²) in [7, 11) is 0. The van der Waals surface area contributed by atoms with Crippen LogP contribution in [-0.2, 0) is 11.8 Å². The highest BCUT2D eigenvalue weighted by atomic mass is 32.4. The Kier molecular flexibility index (Phi) is 5.59. The van der Waals surface area contributed by atoms with Crippen LogP contribution in [0.4, 0.5) is 0 Å². The molecule has 0 unspecified atom stereocenters. The van der Waals surface area contributed by atoms with Gasteiger partial charge in [-0.15, -0.1) is 0 Å². The van der Waals surface area contributed by atoms with Crippen LogP contribution in [0.2, 0.25) is 0 Å². The van der Waals surface area contributed by atoms with Gasteiger partial charge in [0.15, 0.2) is 0 Å². The molecule has 0 aromatic heterocycles. The Morgan fingerprint density at radius 1 is 0.583 bits per heavy atom. The third kappa shape index (κ3) is 4.00. The summed E-state index contributed by atoms with van der Waals surface area (Å²) in [5.41, 5.74) is 1.19. The van der Waals surface area contributed by atoms with Crippen molar-refractivity contribution in [2.24, 2.45) is 0 Å². The van der Waals surface area contributed by atoms with Gasteiger partial charge in [0.1, 0.15) is 0 Å². The van der Waals surface area contributed by atoms with E-state index in [1.54, 1.807) is 0 Å². The molecule has 0 heterocycles. The van der Waals surface area contributed by atoms with Gasteiger partial charge in [-0.3, -0.25) is 0 Å². The van der Waals surface area contributed by atoms with Crippen LogP contribution in [0, 0.1) is 0 Å². The molecule has 0 aliphatic heterocycles. The average molecular weight is 346 g/mol. The molecule has 0 aliphatic carbocycles. The molecule has 0 saturated heterocycles. The molecule has 0 fully saturated rings. The van der Waals surface area contributed by atoms with Crippen molar-refractivity contribution in [3.05, 3.63) is 115 Å². The molecule has 0 aliphatic rings. The fraction of sp³-hybridized carbons (Fsp3) is 0. The van der Waals surface area contributed by atoms with Gasteiger partial charge in [0, 0.05) is 6.04 Å². The summed E-state index contributed by atoms with van der Waals surface area (Å²) in [6.07, 6.45) is 6.27. The van der Waals surface area contributed by atoms with Crippen LogP contribution in [-0.4, -0.2) is 0 Å². The average Bonchev–Trinajstić information content (AvgIpc) is 2.67. The van der Waals surface area contributed by atoms with Gasteiger partial charge in [0.2, 0.25) is 0 Å². The summed E-state index contributed by atoms with van der Waals surface area (Å²) < 4.78 is 0. The Morgan fingerprint density at radius 3 is 1.54 bits per heavy atom.